The molecule has 3 heterocycles. The van der Waals surface area contributed by atoms with Crippen LogP contribution in [0.1, 0.15) is 38.4 Å². The summed E-state index contributed by atoms with van der Waals surface area (Å²) in [6.07, 6.45) is 8.66. The Labute approximate surface area is 206 Å². The van der Waals surface area contributed by atoms with Crippen LogP contribution in [-0.4, -0.2) is 36.2 Å². The quantitative estimate of drug-likeness (QED) is 0.494. The molecule has 1 aromatic carbocycles. The fraction of sp³-hybridized carbons (Fsp3) is 0.320. The molecule has 1 unspecified atom stereocenters. The number of hydrogen-bond donors (Lipinski definition) is 2. The maximum absolute atomic E-state index is 13.0. The number of halogens is 2. The van der Waals surface area contributed by atoms with Crippen LogP contribution in [-0.2, 0) is 34.3 Å². The van der Waals surface area contributed by atoms with Crippen LogP contribution in [0.5, 0.6) is 0 Å². The number of carbonyl (C=O) groups excluding carboxylic acids is 1. The third kappa shape index (κ3) is 9.50. The molecule has 35 heavy (non-hydrogen) atoms. The fourth-order valence-electron chi connectivity index (χ4n) is 2.87. The first-order valence-corrected chi connectivity index (χ1v) is 12.4. The van der Waals surface area contributed by atoms with Crippen LogP contribution in [0, 0.1) is 11.6 Å². The van der Waals surface area contributed by atoms with Gasteiger partial charge in [0.05, 0.1) is 11.9 Å². The molecule has 10 heteroatoms. The number of carbonyl (C=O) groups is 1. The highest BCUT2D eigenvalue weighted by molar-refractivity contribution is 7.88. The van der Waals surface area contributed by atoms with E-state index >= 15 is 0 Å². The lowest BCUT2D eigenvalue weighted by Gasteiger charge is -2.16. The highest BCUT2D eigenvalue weighted by atomic mass is 32.2. The lowest BCUT2D eigenvalue weighted by Crippen LogP contribution is -2.18. The van der Waals surface area contributed by atoms with Crippen molar-refractivity contribution in [3.8, 4) is 11.1 Å². The molecule has 1 aliphatic heterocycles. The summed E-state index contributed by atoms with van der Waals surface area (Å²) in [7, 11) is -0.603. The predicted octanol–water partition coefficient (Wildman–Crippen LogP) is 4.06. The van der Waals surface area contributed by atoms with E-state index in [0.717, 1.165) is 35.9 Å². The van der Waals surface area contributed by atoms with Gasteiger partial charge in [0.15, 0.2) is 11.6 Å². The number of nitrogens with zero attached hydrogens (tertiary/aromatic N) is 3. The van der Waals surface area contributed by atoms with Gasteiger partial charge >= 0.3 is 0 Å². The molecule has 3 aromatic rings. The lowest BCUT2D eigenvalue weighted by atomic mass is 10.0. The van der Waals surface area contributed by atoms with Crippen LogP contribution < -0.4 is 5.32 Å². The second kappa shape index (κ2) is 13.6. The van der Waals surface area contributed by atoms with Gasteiger partial charge in [0.1, 0.15) is 5.60 Å². The molecule has 0 aliphatic carbocycles. The minimum absolute atomic E-state index is 0.453. The van der Waals surface area contributed by atoms with Crippen LogP contribution in [0.2, 0.25) is 0 Å². The van der Waals surface area contributed by atoms with Crippen molar-refractivity contribution in [3.05, 3.63) is 83.3 Å². The monoisotopic (exact) mass is 504 g/mol. The van der Waals surface area contributed by atoms with E-state index in [4.69, 9.17) is 0 Å². The smallest absolute Gasteiger partial charge is 0.207 e. The van der Waals surface area contributed by atoms with Crippen molar-refractivity contribution in [3.63, 3.8) is 0 Å². The first-order chi connectivity index (χ1) is 16.6. The SMILES string of the molecule is CC(C)(O)c1cc(CNC=O)ccn1.CCn1cc(-c2ccc(F)c(F)c2)cn1.O=S1C=CCC1. The van der Waals surface area contributed by atoms with Gasteiger partial charge in [-0.2, -0.15) is 5.10 Å². The van der Waals surface area contributed by atoms with Crippen molar-refractivity contribution in [1.82, 2.24) is 20.1 Å². The van der Waals surface area contributed by atoms with Gasteiger partial charge in [0, 0.05) is 47.6 Å². The summed E-state index contributed by atoms with van der Waals surface area (Å²) in [4.78, 5) is 14.1. The Morgan fingerprint density at radius 3 is 2.49 bits per heavy atom. The third-order valence-electron chi connectivity index (χ3n) is 4.78. The zero-order valence-electron chi connectivity index (χ0n) is 19.9. The Morgan fingerprint density at radius 1 is 1.20 bits per heavy atom. The molecule has 7 nitrogen and oxygen atoms in total. The molecule has 1 atom stereocenters. The van der Waals surface area contributed by atoms with E-state index in [2.05, 4.69) is 15.4 Å². The molecule has 0 fully saturated rings. The molecule has 1 amide bonds. The summed E-state index contributed by atoms with van der Waals surface area (Å²) in [5.41, 5.74) is 1.99. The van der Waals surface area contributed by atoms with Gasteiger partial charge in [-0.05, 0) is 68.0 Å². The van der Waals surface area contributed by atoms with Crippen LogP contribution in [0.15, 0.2) is 60.4 Å². The second-order valence-electron chi connectivity index (χ2n) is 8.07. The van der Waals surface area contributed by atoms with E-state index in [-0.39, 0.29) is 0 Å². The van der Waals surface area contributed by atoms with Crippen molar-refractivity contribution >= 4 is 17.2 Å². The Bertz CT molecular complexity index is 1160. The van der Waals surface area contributed by atoms with Crippen molar-refractivity contribution in [1.29, 1.82) is 0 Å². The van der Waals surface area contributed by atoms with Gasteiger partial charge in [-0.15, -0.1) is 0 Å². The van der Waals surface area contributed by atoms with Gasteiger partial charge in [-0.1, -0.05) is 12.1 Å². The number of pyridine rings is 1. The Balaban J connectivity index is 0.000000201. The zero-order chi connectivity index (χ0) is 25.8. The molecule has 188 valence electrons. The van der Waals surface area contributed by atoms with Crippen LogP contribution >= 0.6 is 0 Å². The number of amides is 1. The summed E-state index contributed by atoms with van der Waals surface area (Å²) in [6.45, 7) is 6.51. The largest absolute Gasteiger partial charge is 0.384 e. The van der Waals surface area contributed by atoms with Gasteiger partial charge in [0.25, 0.3) is 0 Å². The maximum Gasteiger partial charge on any atom is 0.207 e. The second-order valence-corrected chi connectivity index (χ2v) is 9.51. The Kier molecular flexibility index (Phi) is 10.9. The highest BCUT2D eigenvalue weighted by Crippen LogP contribution is 2.21. The summed E-state index contributed by atoms with van der Waals surface area (Å²) < 4.78 is 37.6. The van der Waals surface area contributed by atoms with Crippen molar-refractivity contribution in [2.24, 2.45) is 0 Å². The molecule has 0 bridgehead atoms. The van der Waals surface area contributed by atoms with Gasteiger partial charge in [-0.25, -0.2) is 8.78 Å². The van der Waals surface area contributed by atoms with E-state index in [1.165, 1.54) is 12.1 Å². The summed E-state index contributed by atoms with van der Waals surface area (Å²) in [5, 5.41) is 18.1. The van der Waals surface area contributed by atoms with Crippen LogP contribution in [0.4, 0.5) is 8.78 Å². The average Bonchev–Trinajstić information content (AvgIpc) is 3.51. The number of rotatable bonds is 6. The summed E-state index contributed by atoms with van der Waals surface area (Å²) in [6, 6.07) is 7.40. The van der Waals surface area contributed by atoms with Crippen molar-refractivity contribution in [2.75, 3.05) is 5.75 Å². The number of nitrogens with one attached hydrogen (secondary N) is 1. The standard InChI is InChI=1S/C11H10F2N2.C10H14N2O2.C4H6OS/c1-2-15-7-9(6-14-15)8-3-4-10(12)11(13)5-8;1-10(2,14)9-5-8(3-4-12-9)6-11-7-13;5-6-3-1-2-4-6/h3-7H,2H2,1H3;3-5,7,14H,6H2,1-2H3,(H,11,13);1,3H,2,4H2. The number of aromatic nitrogens is 3. The molecule has 0 spiro atoms. The summed E-state index contributed by atoms with van der Waals surface area (Å²) >= 11 is 0. The van der Waals surface area contributed by atoms with Crippen molar-refractivity contribution < 1.29 is 22.9 Å². The molecule has 1 aliphatic rings. The Hall–Kier alpha value is -3.24. The maximum atomic E-state index is 13.0. The molecule has 2 N–H and O–H groups in total. The number of benzene rings is 1. The minimum Gasteiger partial charge on any atom is -0.384 e. The third-order valence-corrected chi connectivity index (χ3v) is 5.92. The van der Waals surface area contributed by atoms with Gasteiger partial charge in [-0.3, -0.25) is 18.7 Å². The summed E-state index contributed by atoms with van der Waals surface area (Å²) in [5.74, 6) is -0.821. The van der Waals surface area contributed by atoms with E-state index in [1.54, 1.807) is 54.7 Å². The molecule has 0 radical (unpaired) electrons. The highest BCUT2D eigenvalue weighted by Gasteiger charge is 2.17. The van der Waals surface area contributed by atoms with Crippen molar-refractivity contribution in [2.45, 2.75) is 45.9 Å². The Morgan fingerprint density at radius 2 is 1.97 bits per heavy atom. The first kappa shape index (κ1) is 28.0. The van der Waals surface area contributed by atoms with E-state index in [0.29, 0.717) is 24.2 Å². The van der Waals surface area contributed by atoms with Gasteiger partial charge in [0.2, 0.25) is 6.41 Å². The number of aliphatic hydroxyl groups is 1. The molecule has 4 rings (SSSR count). The van der Waals surface area contributed by atoms with Gasteiger partial charge < -0.3 is 10.4 Å². The first-order valence-electron chi connectivity index (χ1n) is 11.0. The zero-order valence-corrected chi connectivity index (χ0v) is 20.8. The molecular weight excluding hydrogens is 474 g/mol. The van der Waals surface area contributed by atoms with Crippen LogP contribution in [0.25, 0.3) is 11.1 Å². The lowest BCUT2D eigenvalue weighted by molar-refractivity contribution is -0.109. The number of hydrogen-bond acceptors (Lipinski definition) is 5. The average molecular weight is 505 g/mol. The molecular formula is C25H30F2N4O3S. The molecule has 2 aromatic heterocycles. The number of aryl methyl sites for hydroxylation is 1. The van der Waals surface area contributed by atoms with Crippen LogP contribution in [0.3, 0.4) is 0 Å². The van der Waals surface area contributed by atoms with E-state index in [9.17, 15) is 22.9 Å². The normalized spacial score (nSPS) is 14.4. The number of allylic oxidation sites excluding steroid dienone is 1. The fourth-order valence-corrected chi connectivity index (χ4v) is 3.72. The topological polar surface area (TPSA) is 97.1 Å². The molecule has 0 saturated carbocycles. The minimum atomic E-state index is -0.947. The van der Waals surface area contributed by atoms with E-state index in [1.807, 2.05) is 13.0 Å². The molecule has 0 saturated heterocycles. The predicted molar refractivity (Wildman–Crippen MR) is 132 cm³/mol. The van der Waals surface area contributed by atoms with E-state index < -0.39 is 28.0 Å².